The summed E-state index contributed by atoms with van der Waals surface area (Å²) in [7, 11) is 0. The highest BCUT2D eigenvalue weighted by Crippen LogP contribution is 2.16. The Hall–Kier alpha value is -2.14. The molecule has 5 heteroatoms. The van der Waals surface area contributed by atoms with Crippen molar-refractivity contribution in [1.82, 2.24) is 10.1 Å². The first kappa shape index (κ1) is 15.3. The van der Waals surface area contributed by atoms with Crippen LogP contribution in [0.15, 0.2) is 34.9 Å². The average Bonchev–Trinajstić information content (AvgIpc) is 2.91. The van der Waals surface area contributed by atoms with Gasteiger partial charge in [-0.3, -0.25) is 4.79 Å². The van der Waals surface area contributed by atoms with E-state index in [2.05, 4.69) is 5.16 Å². The van der Waals surface area contributed by atoms with Crippen molar-refractivity contribution in [3.05, 3.63) is 52.9 Å². The van der Waals surface area contributed by atoms with E-state index in [1.807, 2.05) is 38.1 Å². The van der Waals surface area contributed by atoms with Crippen LogP contribution in [0.25, 0.3) is 0 Å². The number of aryl methyl sites for hydroxylation is 2. The predicted molar refractivity (Wildman–Crippen MR) is 79.0 cm³/mol. The van der Waals surface area contributed by atoms with Gasteiger partial charge in [0.25, 0.3) is 5.91 Å². The molecule has 0 spiro atoms. The number of hydrogen-bond acceptors (Lipinski definition) is 4. The standard InChI is InChI=1S/C16H20N2O3/c1-4-18(16(20)14-9-12(3)21-17-14)10-15(19)13-7-5-11(2)6-8-13/h5-9,15,19H,4,10H2,1-3H3. The van der Waals surface area contributed by atoms with Crippen molar-refractivity contribution in [2.24, 2.45) is 0 Å². The van der Waals surface area contributed by atoms with Gasteiger partial charge >= 0.3 is 0 Å². The van der Waals surface area contributed by atoms with Crippen molar-refractivity contribution in [3.63, 3.8) is 0 Å². The van der Waals surface area contributed by atoms with E-state index in [9.17, 15) is 9.90 Å². The van der Waals surface area contributed by atoms with Crippen LogP contribution < -0.4 is 0 Å². The van der Waals surface area contributed by atoms with Gasteiger partial charge in [0.15, 0.2) is 5.69 Å². The number of aliphatic hydroxyl groups is 1. The third-order valence-electron chi connectivity index (χ3n) is 3.37. The lowest BCUT2D eigenvalue weighted by molar-refractivity contribution is 0.0625. The lowest BCUT2D eigenvalue weighted by atomic mass is 10.1. The van der Waals surface area contributed by atoms with Crippen LogP contribution in [0.4, 0.5) is 0 Å². The fraction of sp³-hybridized carbons (Fsp3) is 0.375. The van der Waals surface area contributed by atoms with Crippen LogP contribution in [0.5, 0.6) is 0 Å². The quantitative estimate of drug-likeness (QED) is 0.918. The molecule has 1 heterocycles. The second kappa shape index (κ2) is 6.54. The number of amides is 1. The van der Waals surface area contributed by atoms with Gasteiger partial charge < -0.3 is 14.5 Å². The number of benzene rings is 1. The number of nitrogens with zero attached hydrogens (tertiary/aromatic N) is 2. The molecule has 0 fully saturated rings. The van der Waals surface area contributed by atoms with E-state index in [-0.39, 0.29) is 18.1 Å². The molecule has 0 bridgehead atoms. The first-order valence-electron chi connectivity index (χ1n) is 6.98. The third kappa shape index (κ3) is 3.70. The Bertz CT molecular complexity index is 604. The topological polar surface area (TPSA) is 66.6 Å². The lowest BCUT2D eigenvalue weighted by Gasteiger charge is -2.23. The summed E-state index contributed by atoms with van der Waals surface area (Å²) in [6, 6.07) is 9.23. The zero-order chi connectivity index (χ0) is 15.4. The zero-order valence-electron chi connectivity index (χ0n) is 12.5. The Morgan fingerprint density at radius 2 is 2.00 bits per heavy atom. The van der Waals surface area contributed by atoms with Crippen LogP contribution in [-0.4, -0.2) is 34.2 Å². The molecule has 2 rings (SSSR count). The Labute approximate surface area is 124 Å². The molecule has 1 atom stereocenters. The van der Waals surface area contributed by atoms with Gasteiger partial charge in [0.2, 0.25) is 0 Å². The summed E-state index contributed by atoms with van der Waals surface area (Å²) in [6.45, 7) is 6.32. The average molecular weight is 288 g/mol. The van der Waals surface area contributed by atoms with E-state index in [0.29, 0.717) is 12.3 Å². The van der Waals surface area contributed by atoms with Crippen molar-refractivity contribution >= 4 is 5.91 Å². The first-order valence-corrected chi connectivity index (χ1v) is 6.98. The van der Waals surface area contributed by atoms with E-state index in [1.165, 1.54) is 0 Å². The highest BCUT2D eigenvalue weighted by atomic mass is 16.5. The number of aliphatic hydroxyl groups excluding tert-OH is 1. The van der Waals surface area contributed by atoms with Gasteiger partial charge in [-0.25, -0.2) is 0 Å². The Morgan fingerprint density at radius 3 is 2.52 bits per heavy atom. The number of carbonyl (C=O) groups is 1. The number of carbonyl (C=O) groups excluding carboxylic acids is 1. The molecule has 1 aromatic heterocycles. The van der Waals surface area contributed by atoms with Gasteiger partial charge in [0, 0.05) is 12.6 Å². The maximum Gasteiger partial charge on any atom is 0.276 e. The molecule has 0 aliphatic heterocycles. The molecule has 2 aromatic rings. The second-order valence-electron chi connectivity index (χ2n) is 5.09. The Kier molecular flexibility index (Phi) is 4.75. The molecule has 0 saturated heterocycles. The molecule has 1 unspecified atom stereocenters. The molecule has 0 radical (unpaired) electrons. The van der Waals surface area contributed by atoms with Crippen LogP contribution >= 0.6 is 0 Å². The van der Waals surface area contributed by atoms with Crippen molar-refractivity contribution in [2.45, 2.75) is 26.9 Å². The van der Waals surface area contributed by atoms with Crippen LogP contribution in [0.1, 0.15) is 40.4 Å². The molecule has 21 heavy (non-hydrogen) atoms. The summed E-state index contributed by atoms with van der Waals surface area (Å²) in [5, 5.41) is 14.0. The van der Waals surface area contributed by atoms with Crippen molar-refractivity contribution < 1.29 is 14.4 Å². The summed E-state index contributed by atoms with van der Waals surface area (Å²) >= 11 is 0. The molecular formula is C16H20N2O3. The molecule has 5 nitrogen and oxygen atoms in total. The Morgan fingerprint density at radius 1 is 1.33 bits per heavy atom. The fourth-order valence-corrected chi connectivity index (χ4v) is 2.09. The minimum Gasteiger partial charge on any atom is -0.387 e. The van der Waals surface area contributed by atoms with Crippen LogP contribution in [-0.2, 0) is 0 Å². The second-order valence-corrected chi connectivity index (χ2v) is 5.09. The summed E-state index contributed by atoms with van der Waals surface area (Å²) in [4.78, 5) is 13.9. The molecule has 0 aliphatic rings. The fourth-order valence-electron chi connectivity index (χ4n) is 2.09. The van der Waals surface area contributed by atoms with Crippen molar-refractivity contribution in [1.29, 1.82) is 0 Å². The summed E-state index contributed by atoms with van der Waals surface area (Å²) in [6.07, 6.45) is -0.720. The highest BCUT2D eigenvalue weighted by Gasteiger charge is 2.21. The molecule has 0 saturated carbocycles. The normalized spacial score (nSPS) is 12.2. The van der Waals surface area contributed by atoms with E-state index in [1.54, 1.807) is 17.9 Å². The van der Waals surface area contributed by atoms with Gasteiger partial charge in [-0.05, 0) is 26.3 Å². The van der Waals surface area contributed by atoms with Gasteiger partial charge in [-0.15, -0.1) is 0 Å². The minimum atomic E-state index is -0.720. The zero-order valence-corrected chi connectivity index (χ0v) is 12.5. The summed E-state index contributed by atoms with van der Waals surface area (Å²) < 4.78 is 4.92. The maximum absolute atomic E-state index is 12.3. The van der Waals surface area contributed by atoms with E-state index >= 15 is 0 Å². The number of likely N-dealkylation sites (N-methyl/N-ethyl adjacent to an activating group) is 1. The monoisotopic (exact) mass is 288 g/mol. The molecule has 1 amide bonds. The predicted octanol–water partition coefficient (Wildman–Crippen LogP) is 2.49. The largest absolute Gasteiger partial charge is 0.387 e. The van der Waals surface area contributed by atoms with Gasteiger partial charge in [0.05, 0.1) is 12.6 Å². The third-order valence-corrected chi connectivity index (χ3v) is 3.37. The maximum atomic E-state index is 12.3. The molecule has 0 aliphatic carbocycles. The SMILES string of the molecule is CCN(CC(O)c1ccc(C)cc1)C(=O)c1cc(C)on1. The minimum absolute atomic E-state index is 0.226. The summed E-state index contributed by atoms with van der Waals surface area (Å²) in [5.74, 6) is 0.356. The van der Waals surface area contributed by atoms with Crippen molar-refractivity contribution in [3.8, 4) is 0 Å². The van der Waals surface area contributed by atoms with Crippen LogP contribution in [0.2, 0.25) is 0 Å². The van der Waals surface area contributed by atoms with Crippen LogP contribution in [0.3, 0.4) is 0 Å². The number of rotatable bonds is 5. The first-order chi connectivity index (χ1) is 10.0. The van der Waals surface area contributed by atoms with Crippen LogP contribution in [0, 0.1) is 13.8 Å². The van der Waals surface area contributed by atoms with E-state index in [0.717, 1.165) is 11.1 Å². The van der Waals surface area contributed by atoms with Crippen molar-refractivity contribution in [2.75, 3.05) is 13.1 Å². The number of hydrogen-bond donors (Lipinski definition) is 1. The summed E-state index contributed by atoms with van der Waals surface area (Å²) in [5.41, 5.74) is 2.20. The Balaban J connectivity index is 2.08. The lowest BCUT2D eigenvalue weighted by Crippen LogP contribution is -2.34. The molecule has 1 aromatic carbocycles. The van der Waals surface area contributed by atoms with Gasteiger partial charge in [-0.2, -0.15) is 0 Å². The van der Waals surface area contributed by atoms with Gasteiger partial charge in [0.1, 0.15) is 5.76 Å². The van der Waals surface area contributed by atoms with Gasteiger partial charge in [-0.1, -0.05) is 35.0 Å². The van der Waals surface area contributed by atoms with E-state index in [4.69, 9.17) is 4.52 Å². The number of aromatic nitrogens is 1. The molecular weight excluding hydrogens is 268 g/mol. The molecule has 112 valence electrons. The highest BCUT2D eigenvalue weighted by molar-refractivity contribution is 5.92. The molecule has 1 N–H and O–H groups in total. The smallest absolute Gasteiger partial charge is 0.276 e. The van der Waals surface area contributed by atoms with E-state index < -0.39 is 6.10 Å².